The van der Waals surface area contributed by atoms with E-state index in [9.17, 15) is 0 Å². The molecule has 90 valence electrons. The van der Waals surface area contributed by atoms with E-state index < -0.39 is 0 Å². The second-order valence-corrected chi connectivity index (χ2v) is 5.06. The maximum Gasteiger partial charge on any atom is 0.0454 e. The highest BCUT2D eigenvalue weighted by Gasteiger charge is 2.03. The van der Waals surface area contributed by atoms with Gasteiger partial charge in [-0.2, -0.15) is 0 Å². The predicted molar refractivity (Wildman–Crippen MR) is 77.8 cm³/mol. The normalized spacial score (nSPS) is 11.3. The summed E-state index contributed by atoms with van der Waals surface area (Å²) in [5.74, 6) is 0.570. The summed E-state index contributed by atoms with van der Waals surface area (Å²) in [6.07, 6.45) is 1.99. The number of nitrogens with one attached hydrogen (secondary N) is 1. The Kier molecular flexibility index (Phi) is 2.67. The summed E-state index contributed by atoms with van der Waals surface area (Å²) in [6.45, 7) is 4.46. The summed E-state index contributed by atoms with van der Waals surface area (Å²) < 4.78 is 0. The molecule has 0 fully saturated rings. The molecule has 3 rings (SSSR count). The molecule has 1 heterocycles. The van der Waals surface area contributed by atoms with Crippen molar-refractivity contribution in [1.82, 2.24) is 4.98 Å². The van der Waals surface area contributed by atoms with Gasteiger partial charge in [0.15, 0.2) is 0 Å². The quantitative estimate of drug-likeness (QED) is 0.646. The number of hydrogen-bond acceptors (Lipinski definition) is 0. The molecule has 0 aliphatic heterocycles. The largest absolute Gasteiger partial charge is 0.361 e. The summed E-state index contributed by atoms with van der Waals surface area (Å²) in [4.78, 5) is 3.23. The molecular formula is C17H17N. The van der Waals surface area contributed by atoms with Crippen LogP contribution < -0.4 is 0 Å². The zero-order valence-electron chi connectivity index (χ0n) is 10.8. The van der Waals surface area contributed by atoms with Gasteiger partial charge in [-0.05, 0) is 46.2 Å². The average Bonchev–Trinajstić information content (AvgIpc) is 2.86. The molecule has 18 heavy (non-hydrogen) atoms. The van der Waals surface area contributed by atoms with Gasteiger partial charge in [0, 0.05) is 11.7 Å². The first-order valence-corrected chi connectivity index (χ1v) is 6.41. The lowest BCUT2D eigenvalue weighted by atomic mass is 9.97. The summed E-state index contributed by atoms with van der Waals surface area (Å²) in [5.41, 5.74) is 5.16. The lowest BCUT2D eigenvalue weighted by Gasteiger charge is -2.08. The van der Waals surface area contributed by atoms with Crippen molar-refractivity contribution in [2.24, 2.45) is 0 Å². The fraction of sp³-hybridized carbons (Fsp3) is 0.176. The van der Waals surface area contributed by atoms with Crippen molar-refractivity contribution in [3.8, 4) is 11.1 Å². The van der Waals surface area contributed by atoms with E-state index in [-0.39, 0.29) is 0 Å². The van der Waals surface area contributed by atoms with Crippen molar-refractivity contribution < 1.29 is 0 Å². The maximum atomic E-state index is 3.23. The molecular weight excluding hydrogens is 218 g/mol. The van der Waals surface area contributed by atoms with Crippen LogP contribution in [0.15, 0.2) is 54.7 Å². The standard InChI is InChI=1S/C17H17N/c1-12(2)13-4-3-5-14(10-13)15-6-7-17-16(11-15)8-9-18-17/h3-12,18H,1-2H3. The smallest absolute Gasteiger partial charge is 0.0454 e. The highest BCUT2D eigenvalue weighted by Crippen LogP contribution is 2.26. The highest BCUT2D eigenvalue weighted by molar-refractivity contribution is 5.85. The molecule has 0 aliphatic rings. The van der Waals surface area contributed by atoms with Gasteiger partial charge in [-0.3, -0.25) is 0 Å². The Hall–Kier alpha value is -2.02. The van der Waals surface area contributed by atoms with Crippen LogP contribution in [0.5, 0.6) is 0 Å². The van der Waals surface area contributed by atoms with Crippen LogP contribution in [0.25, 0.3) is 22.0 Å². The number of benzene rings is 2. The van der Waals surface area contributed by atoms with E-state index in [4.69, 9.17) is 0 Å². The summed E-state index contributed by atoms with van der Waals surface area (Å²) >= 11 is 0. The van der Waals surface area contributed by atoms with E-state index in [1.54, 1.807) is 0 Å². The minimum absolute atomic E-state index is 0.570. The van der Waals surface area contributed by atoms with Crippen LogP contribution in [0, 0.1) is 0 Å². The summed E-state index contributed by atoms with van der Waals surface area (Å²) in [5, 5.41) is 1.27. The molecule has 0 atom stereocenters. The van der Waals surface area contributed by atoms with Gasteiger partial charge in [0.25, 0.3) is 0 Å². The van der Waals surface area contributed by atoms with E-state index in [1.807, 2.05) is 6.20 Å². The van der Waals surface area contributed by atoms with Crippen LogP contribution in [0.4, 0.5) is 0 Å². The van der Waals surface area contributed by atoms with Crippen LogP contribution in [-0.2, 0) is 0 Å². The van der Waals surface area contributed by atoms with Crippen molar-refractivity contribution in [1.29, 1.82) is 0 Å². The van der Waals surface area contributed by atoms with Crippen molar-refractivity contribution in [3.05, 3.63) is 60.3 Å². The molecule has 0 unspecified atom stereocenters. The molecule has 0 saturated carbocycles. The van der Waals surface area contributed by atoms with Gasteiger partial charge in [-0.1, -0.05) is 44.2 Å². The fourth-order valence-electron chi connectivity index (χ4n) is 2.31. The van der Waals surface area contributed by atoms with E-state index >= 15 is 0 Å². The Morgan fingerprint density at radius 1 is 0.889 bits per heavy atom. The van der Waals surface area contributed by atoms with Crippen molar-refractivity contribution in [2.45, 2.75) is 19.8 Å². The third-order valence-electron chi connectivity index (χ3n) is 3.44. The first-order valence-electron chi connectivity index (χ1n) is 6.41. The summed E-state index contributed by atoms with van der Waals surface area (Å²) in [6, 6.07) is 17.5. The van der Waals surface area contributed by atoms with Crippen LogP contribution in [0.1, 0.15) is 25.3 Å². The molecule has 2 aromatic carbocycles. The van der Waals surface area contributed by atoms with Gasteiger partial charge in [0.05, 0.1) is 0 Å². The van der Waals surface area contributed by atoms with E-state index in [0.717, 1.165) is 0 Å². The number of H-pyrrole nitrogens is 1. The topological polar surface area (TPSA) is 15.8 Å². The van der Waals surface area contributed by atoms with Gasteiger partial charge < -0.3 is 4.98 Å². The first-order chi connectivity index (χ1) is 8.74. The Morgan fingerprint density at radius 2 is 1.72 bits per heavy atom. The number of rotatable bonds is 2. The van der Waals surface area contributed by atoms with Crippen molar-refractivity contribution in [2.75, 3.05) is 0 Å². The van der Waals surface area contributed by atoms with Crippen LogP contribution in [-0.4, -0.2) is 4.98 Å². The first kappa shape index (κ1) is 11.1. The molecule has 3 aromatic rings. The minimum atomic E-state index is 0.570. The lowest BCUT2D eigenvalue weighted by Crippen LogP contribution is -1.87. The Bertz CT molecular complexity index is 677. The number of aromatic amines is 1. The van der Waals surface area contributed by atoms with E-state index in [1.165, 1.54) is 27.6 Å². The molecule has 1 N–H and O–H groups in total. The SMILES string of the molecule is CC(C)c1cccc(-c2ccc3[nH]ccc3c2)c1. The Balaban J connectivity index is 2.10. The van der Waals surface area contributed by atoms with Crippen molar-refractivity contribution >= 4 is 10.9 Å². The predicted octanol–water partition coefficient (Wildman–Crippen LogP) is 4.96. The number of hydrogen-bond donors (Lipinski definition) is 1. The number of fused-ring (bicyclic) bond motifs is 1. The van der Waals surface area contributed by atoms with Gasteiger partial charge in [0.1, 0.15) is 0 Å². The second-order valence-electron chi connectivity index (χ2n) is 5.06. The zero-order chi connectivity index (χ0) is 12.5. The third kappa shape index (κ3) is 1.92. The minimum Gasteiger partial charge on any atom is -0.361 e. The molecule has 1 heteroatoms. The molecule has 0 radical (unpaired) electrons. The molecule has 0 aliphatic carbocycles. The monoisotopic (exact) mass is 235 g/mol. The van der Waals surface area contributed by atoms with E-state index in [2.05, 4.69) is 67.4 Å². The molecule has 0 saturated heterocycles. The fourth-order valence-corrected chi connectivity index (χ4v) is 2.31. The zero-order valence-corrected chi connectivity index (χ0v) is 10.8. The van der Waals surface area contributed by atoms with Crippen LogP contribution >= 0.6 is 0 Å². The third-order valence-corrected chi connectivity index (χ3v) is 3.44. The van der Waals surface area contributed by atoms with Crippen molar-refractivity contribution in [3.63, 3.8) is 0 Å². The van der Waals surface area contributed by atoms with E-state index in [0.29, 0.717) is 5.92 Å². The Morgan fingerprint density at radius 3 is 2.56 bits per heavy atom. The average molecular weight is 235 g/mol. The molecule has 1 aromatic heterocycles. The van der Waals surface area contributed by atoms with Gasteiger partial charge in [-0.15, -0.1) is 0 Å². The van der Waals surface area contributed by atoms with Gasteiger partial charge >= 0.3 is 0 Å². The van der Waals surface area contributed by atoms with Crippen LogP contribution in [0.2, 0.25) is 0 Å². The summed E-state index contributed by atoms with van der Waals surface area (Å²) in [7, 11) is 0. The molecule has 0 spiro atoms. The second kappa shape index (κ2) is 4.34. The van der Waals surface area contributed by atoms with Crippen LogP contribution in [0.3, 0.4) is 0 Å². The highest BCUT2D eigenvalue weighted by atomic mass is 14.7. The van der Waals surface area contributed by atoms with Gasteiger partial charge in [-0.25, -0.2) is 0 Å². The molecule has 1 nitrogen and oxygen atoms in total. The molecule has 0 bridgehead atoms. The lowest BCUT2D eigenvalue weighted by molar-refractivity contribution is 0.867. The Labute approximate surface area is 107 Å². The van der Waals surface area contributed by atoms with Gasteiger partial charge in [0.2, 0.25) is 0 Å². The maximum absolute atomic E-state index is 3.23. The number of aromatic nitrogens is 1. The molecule has 0 amide bonds.